The van der Waals surface area contributed by atoms with Crippen molar-refractivity contribution in [2.75, 3.05) is 7.11 Å². The van der Waals surface area contributed by atoms with E-state index in [-0.39, 0.29) is 24.1 Å². The van der Waals surface area contributed by atoms with Crippen molar-refractivity contribution in [2.24, 2.45) is 0 Å². The highest BCUT2D eigenvalue weighted by Gasteiger charge is 2.43. The Morgan fingerprint density at radius 3 is 2.67 bits per heavy atom. The van der Waals surface area contributed by atoms with Crippen LogP contribution in [0.15, 0.2) is 18.2 Å². The summed E-state index contributed by atoms with van der Waals surface area (Å²) < 4.78 is 19.1. The van der Waals surface area contributed by atoms with Gasteiger partial charge in [-0.05, 0) is 26.8 Å². The quantitative estimate of drug-likeness (QED) is 0.918. The molecular weight excluding hydrogens is 275 g/mol. The summed E-state index contributed by atoms with van der Waals surface area (Å²) in [5, 5.41) is 2.66. The van der Waals surface area contributed by atoms with Gasteiger partial charge in [-0.2, -0.15) is 0 Å². The molecule has 0 spiro atoms. The van der Waals surface area contributed by atoms with Crippen molar-refractivity contribution in [3.63, 3.8) is 0 Å². The second-order valence-corrected chi connectivity index (χ2v) is 5.66. The maximum absolute atomic E-state index is 14.2. The zero-order valence-electron chi connectivity index (χ0n) is 12.6. The van der Waals surface area contributed by atoms with Crippen LogP contribution in [0, 0.1) is 5.82 Å². The van der Waals surface area contributed by atoms with Gasteiger partial charge in [0.25, 0.3) is 0 Å². The molecule has 1 fully saturated rings. The third kappa shape index (κ3) is 2.70. The molecule has 2 rings (SSSR count). The van der Waals surface area contributed by atoms with E-state index in [1.54, 1.807) is 32.9 Å². The van der Waals surface area contributed by atoms with Gasteiger partial charge >= 0.3 is 0 Å². The molecule has 1 aromatic rings. The van der Waals surface area contributed by atoms with E-state index >= 15 is 0 Å². The van der Waals surface area contributed by atoms with E-state index in [9.17, 15) is 14.0 Å². The first-order valence-corrected chi connectivity index (χ1v) is 6.72. The largest absolute Gasteiger partial charge is 0.494 e. The van der Waals surface area contributed by atoms with E-state index in [0.717, 1.165) is 0 Å². The molecule has 5 nitrogen and oxygen atoms in total. The van der Waals surface area contributed by atoms with E-state index in [0.29, 0.717) is 5.56 Å². The number of nitrogens with one attached hydrogen (secondary N) is 1. The molecule has 114 valence electrons. The monoisotopic (exact) mass is 294 g/mol. The molecule has 0 saturated carbocycles. The molecule has 21 heavy (non-hydrogen) atoms. The van der Waals surface area contributed by atoms with Gasteiger partial charge in [-0.15, -0.1) is 0 Å². The fourth-order valence-electron chi connectivity index (χ4n) is 2.37. The van der Waals surface area contributed by atoms with Crippen LogP contribution in [-0.2, 0) is 16.1 Å². The summed E-state index contributed by atoms with van der Waals surface area (Å²) in [7, 11) is 1.38. The molecule has 0 aromatic heterocycles. The maximum Gasteiger partial charge on any atom is 0.248 e. The zero-order chi connectivity index (χ0) is 15.8. The summed E-state index contributed by atoms with van der Waals surface area (Å²) in [5.74, 6) is -0.878. The number of ether oxygens (including phenoxy) is 1. The third-order valence-electron chi connectivity index (χ3n) is 3.68. The number of halogens is 1. The van der Waals surface area contributed by atoms with Crippen LogP contribution < -0.4 is 10.1 Å². The molecule has 6 heteroatoms. The molecule has 1 heterocycles. The van der Waals surface area contributed by atoms with Gasteiger partial charge in [0.1, 0.15) is 11.6 Å². The van der Waals surface area contributed by atoms with E-state index < -0.39 is 17.4 Å². The third-order valence-corrected chi connectivity index (χ3v) is 3.68. The van der Waals surface area contributed by atoms with Crippen LogP contribution in [0.5, 0.6) is 5.75 Å². The number of carbonyl (C=O) groups is 2. The number of nitrogens with zero attached hydrogens (tertiary/aromatic N) is 1. The summed E-state index contributed by atoms with van der Waals surface area (Å²) in [6, 6.07) is 4.10. The minimum atomic E-state index is -0.987. The number of amides is 2. The van der Waals surface area contributed by atoms with E-state index in [2.05, 4.69) is 5.32 Å². The average molecular weight is 294 g/mol. The van der Waals surface area contributed by atoms with Crippen molar-refractivity contribution < 1.29 is 18.7 Å². The Morgan fingerprint density at radius 2 is 2.05 bits per heavy atom. The van der Waals surface area contributed by atoms with Crippen LogP contribution >= 0.6 is 0 Å². The fourth-order valence-corrected chi connectivity index (χ4v) is 2.37. The van der Waals surface area contributed by atoms with Gasteiger partial charge in [-0.25, -0.2) is 4.39 Å². The highest BCUT2D eigenvalue weighted by Crippen LogP contribution is 2.25. The summed E-state index contributed by atoms with van der Waals surface area (Å²) >= 11 is 0. The second-order valence-electron chi connectivity index (χ2n) is 5.66. The molecule has 1 N–H and O–H groups in total. The number of benzene rings is 1. The first-order chi connectivity index (χ1) is 9.77. The van der Waals surface area contributed by atoms with E-state index in [4.69, 9.17) is 4.74 Å². The molecule has 1 atom stereocenters. The Morgan fingerprint density at radius 1 is 1.38 bits per heavy atom. The Bertz CT molecular complexity index is 586. The van der Waals surface area contributed by atoms with Crippen LogP contribution in [0.4, 0.5) is 4.39 Å². The number of hydrogen-bond acceptors (Lipinski definition) is 3. The summed E-state index contributed by atoms with van der Waals surface area (Å²) in [6.45, 7) is 4.92. The Labute approximate surface area is 123 Å². The Kier molecular flexibility index (Phi) is 3.89. The Hall–Kier alpha value is -2.11. The summed E-state index contributed by atoms with van der Waals surface area (Å²) in [5.41, 5.74) is -0.668. The van der Waals surface area contributed by atoms with Gasteiger partial charge in [0.05, 0.1) is 7.11 Å². The predicted molar refractivity (Wildman–Crippen MR) is 75.2 cm³/mol. The summed E-state index contributed by atoms with van der Waals surface area (Å²) in [6.07, 6.45) is 0. The van der Waals surface area contributed by atoms with Gasteiger partial charge in [0.15, 0.2) is 11.6 Å². The number of carbonyl (C=O) groups excluding carboxylic acids is 2. The minimum Gasteiger partial charge on any atom is -0.494 e. The van der Waals surface area contributed by atoms with Crippen molar-refractivity contribution in [1.82, 2.24) is 10.2 Å². The first-order valence-electron chi connectivity index (χ1n) is 6.72. The molecule has 1 saturated heterocycles. The first kappa shape index (κ1) is 15.3. The van der Waals surface area contributed by atoms with Crippen molar-refractivity contribution in [2.45, 2.75) is 38.9 Å². The predicted octanol–water partition coefficient (Wildman–Crippen LogP) is 1.46. The number of hydrogen-bond donors (Lipinski definition) is 1. The van der Waals surface area contributed by atoms with Crippen LogP contribution in [0.2, 0.25) is 0 Å². The molecule has 1 aromatic carbocycles. The lowest BCUT2D eigenvalue weighted by Crippen LogP contribution is -2.67. The van der Waals surface area contributed by atoms with Crippen LogP contribution in [0.1, 0.15) is 26.3 Å². The second kappa shape index (κ2) is 5.35. The molecule has 0 radical (unpaired) electrons. The Balaban J connectivity index is 2.33. The maximum atomic E-state index is 14.2. The lowest BCUT2D eigenvalue weighted by molar-refractivity contribution is -0.153. The number of rotatable bonds is 3. The van der Waals surface area contributed by atoms with Gasteiger partial charge < -0.3 is 15.0 Å². The molecule has 0 aliphatic carbocycles. The SMILES string of the molecule is COc1cccc(CN2C(=O)C(C)(C)NC(=O)C2C)c1F. The van der Waals surface area contributed by atoms with Gasteiger partial charge in [-0.3, -0.25) is 9.59 Å². The topological polar surface area (TPSA) is 58.6 Å². The number of piperazine rings is 1. The molecule has 2 amide bonds. The lowest BCUT2D eigenvalue weighted by Gasteiger charge is -2.41. The highest BCUT2D eigenvalue weighted by atomic mass is 19.1. The van der Waals surface area contributed by atoms with Crippen LogP contribution in [0.25, 0.3) is 0 Å². The standard InChI is InChI=1S/C15H19FN2O3/c1-9-13(19)17-15(2,3)14(20)18(9)8-10-6-5-7-11(21-4)12(10)16/h5-7,9H,8H2,1-4H3,(H,17,19). The van der Waals surface area contributed by atoms with Crippen molar-refractivity contribution in [1.29, 1.82) is 0 Å². The van der Waals surface area contributed by atoms with Gasteiger partial charge in [0, 0.05) is 12.1 Å². The minimum absolute atomic E-state index is 0.0277. The zero-order valence-corrected chi connectivity index (χ0v) is 12.6. The van der Waals surface area contributed by atoms with Gasteiger partial charge in [-0.1, -0.05) is 12.1 Å². The molecule has 0 bridgehead atoms. The van der Waals surface area contributed by atoms with Crippen LogP contribution in [-0.4, -0.2) is 35.4 Å². The van der Waals surface area contributed by atoms with E-state index in [1.165, 1.54) is 18.1 Å². The molecule has 1 aliphatic rings. The number of methoxy groups -OCH3 is 1. The smallest absolute Gasteiger partial charge is 0.248 e. The lowest BCUT2D eigenvalue weighted by atomic mass is 9.96. The van der Waals surface area contributed by atoms with Crippen molar-refractivity contribution in [3.8, 4) is 5.75 Å². The molecular formula is C15H19FN2O3. The summed E-state index contributed by atoms with van der Waals surface area (Å²) in [4.78, 5) is 25.8. The fraction of sp³-hybridized carbons (Fsp3) is 0.467. The highest BCUT2D eigenvalue weighted by molar-refractivity contribution is 5.99. The van der Waals surface area contributed by atoms with Gasteiger partial charge in [0.2, 0.25) is 11.8 Å². The van der Waals surface area contributed by atoms with E-state index in [1.807, 2.05) is 0 Å². The van der Waals surface area contributed by atoms with Crippen molar-refractivity contribution in [3.05, 3.63) is 29.6 Å². The van der Waals surface area contributed by atoms with Crippen molar-refractivity contribution >= 4 is 11.8 Å². The van der Waals surface area contributed by atoms with Crippen LogP contribution in [0.3, 0.4) is 0 Å². The molecule has 1 aliphatic heterocycles. The average Bonchev–Trinajstić information content (AvgIpc) is 2.43. The normalized spacial score (nSPS) is 21.2. The molecule has 1 unspecified atom stereocenters.